The van der Waals surface area contributed by atoms with Crippen LogP contribution in [0.1, 0.15) is 35.7 Å². The molecule has 1 aromatic carbocycles. The molecule has 0 saturated carbocycles. The summed E-state index contributed by atoms with van der Waals surface area (Å²) >= 11 is 3.90. The summed E-state index contributed by atoms with van der Waals surface area (Å²) in [6.45, 7) is 5.60. The Balaban J connectivity index is 1.98. The number of benzene rings is 1. The molecule has 0 bridgehead atoms. The highest BCUT2D eigenvalue weighted by Gasteiger charge is 2.22. The highest BCUT2D eigenvalue weighted by atomic mass is 32.2. The Bertz CT molecular complexity index is 557. The maximum Gasteiger partial charge on any atom is 0.111 e. The minimum atomic E-state index is 0.425. The van der Waals surface area contributed by atoms with Gasteiger partial charge in [-0.25, -0.2) is 4.98 Å². The fraction of sp³-hybridized carbons (Fsp3) is 0.438. The molecule has 1 aromatic heterocycles. The van der Waals surface area contributed by atoms with Crippen molar-refractivity contribution in [1.29, 1.82) is 0 Å². The summed E-state index contributed by atoms with van der Waals surface area (Å²) in [5.41, 5.74) is 2.42. The monoisotopic (exact) mass is 304 g/mol. The third kappa shape index (κ3) is 2.92. The first-order valence-corrected chi connectivity index (χ1v) is 9.10. The molecule has 3 rings (SSSR count). The summed E-state index contributed by atoms with van der Waals surface area (Å²) in [5, 5.41) is 4.84. The fourth-order valence-corrected chi connectivity index (χ4v) is 4.63. The van der Waals surface area contributed by atoms with Crippen LogP contribution in [0.4, 0.5) is 0 Å². The van der Waals surface area contributed by atoms with Gasteiger partial charge in [0, 0.05) is 28.5 Å². The molecule has 1 saturated heterocycles. The maximum atomic E-state index is 4.97. The highest BCUT2D eigenvalue weighted by molar-refractivity contribution is 7.99. The average Bonchev–Trinajstić information content (AvgIpc) is 2.94. The molecule has 1 aliphatic rings. The van der Waals surface area contributed by atoms with E-state index in [0.717, 1.165) is 12.3 Å². The van der Waals surface area contributed by atoms with E-state index in [9.17, 15) is 0 Å². The van der Waals surface area contributed by atoms with Gasteiger partial charge in [0.15, 0.2) is 0 Å². The van der Waals surface area contributed by atoms with Gasteiger partial charge in [0.25, 0.3) is 0 Å². The quantitative estimate of drug-likeness (QED) is 0.914. The SMILES string of the molecule is CC(C)c1sc(C2CSCCN2)nc1-c1ccccc1. The minimum absolute atomic E-state index is 0.425. The molecular formula is C16H20N2S2. The second kappa shape index (κ2) is 6.29. The third-order valence-corrected chi connectivity index (χ3v) is 5.99. The van der Waals surface area contributed by atoms with Gasteiger partial charge in [-0.1, -0.05) is 44.2 Å². The van der Waals surface area contributed by atoms with Crippen LogP contribution in [0.3, 0.4) is 0 Å². The Morgan fingerprint density at radius 1 is 1.25 bits per heavy atom. The largest absolute Gasteiger partial charge is 0.306 e. The van der Waals surface area contributed by atoms with Gasteiger partial charge in [-0.05, 0) is 5.92 Å². The third-order valence-electron chi connectivity index (χ3n) is 3.46. The summed E-state index contributed by atoms with van der Waals surface area (Å²) in [6.07, 6.45) is 0. The van der Waals surface area contributed by atoms with Crippen molar-refractivity contribution in [2.24, 2.45) is 0 Å². The Kier molecular flexibility index (Phi) is 4.44. The molecule has 0 spiro atoms. The smallest absolute Gasteiger partial charge is 0.111 e. The number of nitrogens with one attached hydrogen (secondary N) is 1. The van der Waals surface area contributed by atoms with Crippen LogP contribution in [0, 0.1) is 0 Å². The summed E-state index contributed by atoms with van der Waals surface area (Å²) in [6, 6.07) is 11.0. The van der Waals surface area contributed by atoms with Gasteiger partial charge in [0.2, 0.25) is 0 Å². The van der Waals surface area contributed by atoms with Crippen LogP contribution in [0.5, 0.6) is 0 Å². The van der Waals surface area contributed by atoms with Crippen LogP contribution in [-0.4, -0.2) is 23.0 Å². The topological polar surface area (TPSA) is 24.9 Å². The number of aromatic nitrogens is 1. The molecule has 2 heterocycles. The molecule has 106 valence electrons. The van der Waals surface area contributed by atoms with Crippen molar-refractivity contribution in [1.82, 2.24) is 10.3 Å². The van der Waals surface area contributed by atoms with E-state index >= 15 is 0 Å². The molecule has 4 heteroatoms. The number of nitrogens with zero attached hydrogens (tertiary/aromatic N) is 1. The number of hydrogen-bond acceptors (Lipinski definition) is 4. The standard InChI is InChI=1S/C16H20N2S2/c1-11(2)15-14(12-6-4-3-5-7-12)18-16(20-15)13-10-19-9-8-17-13/h3-7,11,13,17H,8-10H2,1-2H3. The van der Waals surface area contributed by atoms with Crippen molar-refractivity contribution in [3.05, 3.63) is 40.2 Å². The Hall–Kier alpha value is -0.840. The van der Waals surface area contributed by atoms with Gasteiger partial charge in [0.1, 0.15) is 5.01 Å². The van der Waals surface area contributed by atoms with E-state index in [-0.39, 0.29) is 0 Å². The van der Waals surface area contributed by atoms with Crippen LogP contribution in [0.25, 0.3) is 11.3 Å². The van der Waals surface area contributed by atoms with Gasteiger partial charge >= 0.3 is 0 Å². The van der Waals surface area contributed by atoms with Gasteiger partial charge in [0.05, 0.1) is 11.7 Å². The Morgan fingerprint density at radius 3 is 2.70 bits per heavy atom. The zero-order valence-electron chi connectivity index (χ0n) is 11.9. The molecule has 0 aliphatic carbocycles. The number of rotatable bonds is 3. The van der Waals surface area contributed by atoms with E-state index < -0.39 is 0 Å². The van der Waals surface area contributed by atoms with Gasteiger partial charge < -0.3 is 5.32 Å². The van der Waals surface area contributed by atoms with Crippen molar-refractivity contribution in [2.75, 3.05) is 18.1 Å². The second-order valence-electron chi connectivity index (χ2n) is 5.37. The van der Waals surface area contributed by atoms with Crippen molar-refractivity contribution >= 4 is 23.1 Å². The average molecular weight is 304 g/mol. The molecule has 2 aromatic rings. The molecule has 2 nitrogen and oxygen atoms in total. The van der Waals surface area contributed by atoms with Gasteiger partial charge in [-0.2, -0.15) is 11.8 Å². The summed E-state index contributed by atoms with van der Waals surface area (Å²) in [5.74, 6) is 2.87. The van der Waals surface area contributed by atoms with Gasteiger partial charge in [-0.15, -0.1) is 11.3 Å². The lowest BCUT2D eigenvalue weighted by molar-refractivity contribution is 0.592. The van der Waals surface area contributed by atoms with Crippen LogP contribution in [0.2, 0.25) is 0 Å². The molecule has 1 N–H and O–H groups in total. The van der Waals surface area contributed by atoms with Crippen molar-refractivity contribution in [2.45, 2.75) is 25.8 Å². The van der Waals surface area contributed by atoms with E-state index in [1.165, 1.54) is 26.9 Å². The molecule has 1 fully saturated rings. The van der Waals surface area contributed by atoms with E-state index in [2.05, 4.69) is 49.5 Å². The summed E-state index contributed by atoms with van der Waals surface area (Å²) in [7, 11) is 0. The lowest BCUT2D eigenvalue weighted by atomic mass is 10.1. The van der Waals surface area contributed by atoms with Crippen LogP contribution in [-0.2, 0) is 0 Å². The van der Waals surface area contributed by atoms with E-state index in [0.29, 0.717) is 12.0 Å². The Labute approximate surface area is 129 Å². The first kappa shape index (κ1) is 14.1. The molecule has 1 unspecified atom stereocenters. The summed E-state index contributed by atoms with van der Waals surface area (Å²) in [4.78, 5) is 6.37. The molecular weight excluding hydrogens is 284 g/mol. The van der Waals surface area contributed by atoms with E-state index in [1.54, 1.807) is 0 Å². The highest BCUT2D eigenvalue weighted by Crippen LogP contribution is 2.37. The van der Waals surface area contributed by atoms with Crippen LogP contribution < -0.4 is 5.32 Å². The zero-order chi connectivity index (χ0) is 13.9. The van der Waals surface area contributed by atoms with Crippen molar-refractivity contribution in [3.8, 4) is 11.3 Å². The van der Waals surface area contributed by atoms with Gasteiger partial charge in [-0.3, -0.25) is 0 Å². The lowest BCUT2D eigenvalue weighted by Gasteiger charge is -2.20. The first-order chi connectivity index (χ1) is 9.75. The fourth-order valence-electron chi connectivity index (χ4n) is 2.42. The maximum absolute atomic E-state index is 4.97. The number of hydrogen-bond donors (Lipinski definition) is 1. The summed E-state index contributed by atoms with van der Waals surface area (Å²) < 4.78 is 0. The zero-order valence-corrected chi connectivity index (χ0v) is 13.6. The predicted molar refractivity (Wildman–Crippen MR) is 89.7 cm³/mol. The number of thiazole rings is 1. The molecule has 0 radical (unpaired) electrons. The number of thioether (sulfide) groups is 1. The van der Waals surface area contributed by atoms with Crippen molar-refractivity contribution < 1.29 is 0 Å². The van der Waals surface area contributed by atoms with Crippen LogP contribution in [0.15, 0.2) is 30.3 Å². The Morgan fingerprint density at radius 2 is 2.05 bits per heavy atom. The van der Waals surface area contributed by atoms with Crippen LogP contribution >= 0.6 is 23.1 Å². The lowest BCUT2D eigenvalue weighted by Crippen LogP contribution is -2.30. The van der Waals surface area contributed by atoms with E-state index in [4.69, 9.17) is 4.98 Å². The molecule has 0 amide bonds. The first-order valence-electron chi connectivity index (χ1n) is 7.13. The molecule has 1 aliphatic heterocycles. The van der Waals surface area contributed by atoms with E-state index in [1.807, 2.05) is 23.1 Å². The molecule has 1 atom stereocenters. The van der Waals surface area contributed by atoms with Crippen molar-refractivity contribution in [3.63, 3.8) is 0 Å². The molecule has 20 heavy (non-hydrogen) atoms. The normalized spacial score (nSPS) is 19.4. The predicted octanol–water partition coefficient (Wildman–Crippen LogP) is 4.31. The minimum Gasteiger partial charge on any atom is -0.306 e. The second-order valence-corrected chi connectivity index (χ2v) is 7.58.